The molecule has 1 aliphatic rings. The lowest BCUT2D eigenvalue weighted by molar-refractivity contribution is -0.287. The maximum Gasteiger partial charge on any atom is 0.454 e. The fraction of sp³-hybridized carbons (Fsp3) is 0.875. The minimum absolute atomic E-state index is 0.0529. The second-order valence-electron chi connectivity index (χ2n) is 3.67. The minimum Gasteiger partial charge on any atom is -0.480 e. The highest BCUT2D eigenvalue weighted by Crippen LogP contribution is 2.37. The second-order valence-corrected chi connectivity index (χ2v) is 3.67. The third kappa shape index (κ3) is 2.60. The number of alkyl halides is 5. The number of likely N-dealkylation sites (tertiary alicyclic amines) is 1. The van der Waals surface area contributed by atoms with E-state index in [4.69, 9.17) is 5.11 Å². The van der Waals surface area contributed by atoms with E-state index in [2.05, 4.69) is 0 Å². The summed E-state index contributed by atoms with van der Waals surface area (Å²) in [7, 11) is 0. The second kappa shape index (κ2) is 4.15. The molecule has 1 fully saturated rings. The molecule has 1 aliphatic heterocycles. The summed E-state index contributed by atoms with van der Waals surface area (Å²) in [6.07, 6.45) is -5.23. The highest BCUT2D eigenvalue weighted by atomic mass is 19.4. The molecule has 0 amide bonds. The van der Waals surface area contributed by atoms with Crippen LogP contribution in [0.3, 0.4) is 0 Å². The molecule has 0 spiro atoms. The molecule has 1 N–H and O–H groups in total. The van der Waals surface area contributed by atoms with Gasteiger partial charge in [-0.1, -0.05) is 0 Å². The average Bonchev–Trinajstić information content (AvgIpc) is 2.49. The van der Waals surface area contributed by atoms with Crippen LogP contribution in [-0.2, 0) is 4.79 Å². The first-order valence-corrected chi connectivity index (χ1v) is 4.56. The molecular formula is C8H10F5NO2. The third-order valence-corrected chi connectivity index (χ3v) is 2.47. The topological polar surface area (TPSA) is 40.5 Å². The molecule has 0 saturated carbocycles. The van der Waals surface area contributed by atoms with Crippen molar-refractivity contribution < 1.29 is 31.9 Å². The number of carboxylic acid groups (broad SMARTS) is 1. The van der Waals surface area contributed by atoms with Gasteiger partial charge in [-0.25, -0.2) is 0 Å². The predicted molar refractivity (Wildman–Crippen MR) is 43.2 cm³/mol. The van der Waals surface area contributed by atoms with E-state index in [1.54, 1.807) is 0 Å². The number of rotatable bonds is 3. The largest absolute Gasteiger partial charge is 0.480 e. The number of hydrogen-bond donors (Lipinski definition) is 1. The van der Waals surface area contributed by atoms with Gasteiger partial charge in [0.2, 0.25) is 0 Å². The predicted octanol–water partition coefficient (Wildman–Crippen LogP) is 1.73. The Hall–Kier alpha value is -0.920. The van der Waals surface area contributed by atoms with E-state index in [1.165, 1.54) is 0 Å². The summed E-state index contributed by atoms with van der Waals surface area (Å²) in [4.78, 5) is 11.2. The fourth-order valence-corrected chi connectivity index (χ4v) is 1.64. The maximum atomic E-state index is 12.7. The Bertz CT molecular complexity index is 278. The van der Waals surface area contributed by atoms with Gasteiger partial charge in [0.25, 0.3) is 0 Å². The van der Waals surface area contributed by atoms with Gasteiger partial charge >= 0.3 is 18.1 Å². The summed E-state index contributed by atoms with van der Waals surface area (Å²) in [6.45, 7) is -1.64. The molecule has 0 aromatic rings. The van der Waals surface area contributed by atoms with Crippen molar-refractivity contribution in [1.82, 2.24) is 4.90 Å². The normalized spacial score (nSPS) is 23.7. The number of aliphatic carboxylic acids is 1. The molecule has 0 aliphatic carbocycles. The fourth-order valence-electron chi connectivity index (χ4n) is 1.64. The molecule has 0 aromatic carbocycles. The number of hydrogen-bond acceptors (Lipinski definition) is 2. The molecule has 1 rings (SSSR count). The van der Waals surface area contributed by atoms with Crippen molar-refractivity contribution in [2.75, 3.05) is 13.1 Å². The molecule has 16 heavy (non-hydrogen) atoms. The Kier molecular flexibility index (Phi) is 3.41. The van der Waals surface area contributed by atoms with Crippen LogP contribution >= 0.6 is 0 Å². The zero-order valence-electron chi connectivity index (χ0n) is 8.10. The van der Waals surface area contributed by atoms with Crippen LogP contribution in [0.15, 0.2) is 0 Å². The SMILES string of the molecule is O=C(O)C1CCCN1CC(F)(F)C(F)(F)F. The summed E-state index contributed by atoms with van der Waals surface area (Å²) in [5, 5.41) is 8.62. The van der Waals surface area contributed by atoms with Gasteiger partial charge in [0.15, 0.2) is 0 Å². The standard InChI is InChI=1S/C8H10F5NO2/c9-7(10,8(11,12)13)4-14-3-1-2-5(14)6(15)16/h5H,1-4H2,(H,15,16). The Morgan fingerprint density at radius 3 is 2.31 bits per heavy atom. The first kappa shape index (κ1) is 13.1. The van der Waals surface area contributed by atoms with Gasteiger partial charge in [-0.2, -0.15) is 22.0 Å². The van der Waals surface area contributed by atoms with Crippen molar-refractivity contribution in [2.45, 2.75) is 31.0 Å². The summed E-state index contributed by atoms with van der Waals surface area (Å²) in [5.74, 6) is -6.24. The van der Waals surface area contributed by atoms with Crippen LogP contribution in [0, 0.1) is 0 Å². The van der Waals surface area contributed by atoms with Gasteiger partial charge in [0.1, 0.15) is 6.04 Å². The highest BCUT2D eigenvalue weighted by Gasteiger charge is 2.59. The lowest BCUT2D eigenvalue weighted by Gasteiger charge is -2.27. The van der Waals surface area contributed by atoms with Gasteiger partial charge in [-0.05, 0) is 19.4 Å². The van der Waals surface area contributed by atoms with Crippen molar-refractivity contribution in [1.29, 1.82) is 0 Å². The summed E-state index contributed by atoms with van der Waals surface area (Å²) < 4.78 is 61.0. The Morgan fingerprint density at radius 1 is 1.31 bits per heavy atom. The van der Waals surface area contributed by atoms with E-state index in [-0.39, 0.29) is 13.0 Å². The van der Waals surface area contributed by atoms with Gasteiger partial charge in [0, 0.05) is 0 Å². The van der Waals surface area contributed by atoms with E-state index in [1.807, 2.05) is 0 Å². The highest BCUT2D eigenvalue weighted by molar-refractivity contribution is 5.73. The summed E-state index contributed by atoms with van der Waals surface area (Å²) in [5.41, 5.74) is 0. The number of halogens is 5. The van der Waals surface area contributed by atoms with Crippen LogP contribution in [0.5, 0.6) is 0 Å². The zero-order valence-corrected chi connectivity index (χ0v) is 8.10. The molecule has 1 saturated heterocycles. The molecule has 0 bridgehead atoms. The van der Waals surface area contributed by atoms with Crippen molar-refractivity contribution in [3.8, 4) is 0 Å². The Balaban J connectivity index is 2.70. The maximum absolute atomic E-state index is 12.7. The molecule has 3 nitrogen and oxygen atoms in total. The molecule has 1 unspecified atom stereocenters. The van der Waals surface area contributed by atoms with Gasteiger partial charge in [-0.3, -0.25) is 9.69 Å². The third-order valence-electron chi connectivity index (χ3n) is 2.47. The monoisotopic (exact) mass is 247 g/mol. The Labute approximate surface area is 87.8 Å². The lowest BCUT2D eigenvalue weighted by Crippen LogP contribution is -2.49. The number of nitrogens with zero attached hydrogens (tertiary/aromatic N) is 1. The lowest BCUT2D eigenvalue weighted by atomic mass is 10.2. The molecule has 0 aromatic heterocycles. The molecular weight excluding hydrogens is 237 g/mol. The molecule has 8 heteroatoms. The van der Waals surface area contributed by atoms with Crippen molar-refractivity contribution in [3.05, 3.63) is 0 Å². The van der Waals surface area contributed by atoms with E-state index < -0.39 is 30.7 Å². The van der Waals surface area contributed by atoms with Gasteiger partial charge < -0.3 is 5.11 Å². The minimum atomic E-state index is -5.64. The van der Waals surface area contributed by atoms with E-state index >= 15 is 0 Å². The van der Waals surface area contributed by atoms with Gasteiger partial charge in [0.05, 0.1) is 6.54 Å². The van der Waals surface area contributed by atoms with Crippen molar-refractivity contribution >= 4 is 5.97 Å². The van der Waals surface area contributed by atoms with Crippen LogP contribution in [0.25, 0.3) is 0 Å². The molecule has 1 heterocycles. The number of carbonyl (C=O) groups is 1. The van der Waals surface area contributed by atoms with Crippen molar-refractivity contribution in [2.24, 2.45) is 0 Å². The van der Waals surface area contributed by atoms with Crippen molar-refractivity contribution in [3.63, 3.8) is 0 Å². The Morgan fingerprint density at radius 2 is 1.88 bits per heavy atom. The summed E-state index contributed by atoms with van der Waals surface area (Å²) in [6, 6.07) is -1.24. The quantitative estimate of drug-likeness (QED) is 0.772. The van der Waals surface area contributed by atoms with E-state index in [0.29, 0.717) is 11.3 Å². The van der Waals surface area contributed by atoms with E-state index in [0.717, 1.165) is 0 Å². The van der Waals surface area contributed by atoms with Crippen LogP contribution in [0.1, 0.15) is 12.8 Å². The zero-order chi connectivity index (χ0) is 12.6. The first-order valence-electron chi connectivity index (χ1n) is 4.56. The van der Waals surface area contributed by atoms with Gasteiger partial charge in [-0.15, -0.1) is 0 Å². The molecule has 1 atom stereocenters. The molecule has 94 valence electrons. The van der Waals surface area contributed by atoms with Crippen LogP contribution in [-0.4, -0.2) is 47.2 Å². The smallest absolute Gasteiger partial charge is 0.454 e. The average molecular weight is 247 g/mol. The number of carboxylic acids is 1. The van der Waals surface area contributed by atoms with E-state index in [9.17, 15) is 26.7 Å². The van der Waals surface area contributed by atoms with Crippen LogP contribution in [0.4, 0.5) is 22.0 Å². The first-order chi connectivity index (χ1) is 7.15. The van der Waals surface area contributed by atoms with Crippen LogP contribution in [0.2, 0.25) is 0 Å². The van der Waals surface area contributed by atoms with Crippen LogP contribution < -0.4 is 0 Å². The summed E-state index contributed by atoms with van der Waals surface area (Å²) >= 11 is 0. The molecule has 0 radical (unpaired) electrons.